The Morgan fingerprint density at radius 3 is 2.60 bits per heavy atom. The fourth-order valence-corrected chi connectivity index (χ4v) is 4.06. The van der Waals surface area contributed by atoms with Crippen molar-refractivity contribution in [2.45, 2.75) is 71.3 Å². The quantitative estimate of drug-likeness (QED) is 0.831. The van der Waals surface area contributed by atoms with Gasteiger partial charge in [0.05, 0.1) is 5.92 Å². The maximum atomic E-state index is 12.3. The van der Waals surface area contributed by atoms with Crippen molar-refractivity contribution < 1.29 is 4.79 Å². The number of nitrogens with two attached hydrogens (primary N) is 1. The van der Waals surface area contributed by atoms with Crippen LogP contribution < -0.4 is 11.1 Å². The molecule has 2 aliphatic rings. The van der Waals surface area contributed by atoms with E-state index in [1.807, 2.05) is 0 Å². The number of carbonyl (C=O) groups is 1. The van der Waals surface area contributed by atoms with E-state index in [4.69, 9.17) is 5.73 Å². The van der Waals surface area contributed by atoms with E-state index in [9.17, 15) is 4.79 Å². The number of hydrogen-bond acceptors (Lipinski definition) is 2. The van der Waals surface area contributed by atoms with Gasteiger partial charge in [-0.25, -0.2) is 0 Å². The van der Waals surface area contributed by atoms with Crippen LogP contribution in [0.25, 0.3) is 0 Å². The first kappa shape index (κ1) is 15.8. The summed E-state index contributed by atoms with van der Waals surface area (Å²) in [7, 11) is 0. The first-order valence-electron chi connectivity index (χ1n) is 8.59. The summed E-state index contributed by atoms with van der Waals surface area (Å²) >= 11 is 0. The normalized spacial score (nSPS) is 38.5. The van der Waals surface area contributed by atoms with Crippen molar-refractivity contribution in [3.05, 3.63) is 0 Å². The van der Waals surface area contributed by atoms with Gasteiger partial charge in [-0.05, 0) is 49.9 Å². The van der Waals surface area contributed by atoms with E-state index in [1.165, 1.54) is 32.1 Å². The number of amides is 1. The fourth-order valence-electron chi connectivity index (χ4n) is 4.06. The zero-order chi connectivity index (χ0) is 14.5. The molecule has 3 heteroatoms. The molecule has 0 aromatic heterocycles. The molecule has 0 aromatic rings. The lowest BCUT2D eigenvalue weighted by molar-refractivity contribution is -0.127. The van der Waals surface area contributed by atoms with Gasteiger partial charge in [-0.3, -0.25) is 4.79 Å². The molecule has 5 atom stereocenters. The number of carbonyl (C=O) groups excluding carboxylic acids is 1. The smallest absolute Gasteiger partial charge is 0.224 e. The molecule has 0 radical (unpaired) electrons. The van der Waals surface area contributed by atoms with Crippen molar-refractivity contribution >= 4 is 5.91 Å². The predicted molar refractivity (Wildman–Crippen MR) is 83.2 cm³/mol. The van der Waals surface area contributed by atoms with Crippen molar-refractivity contribution in [3.63, 3.8) is 0 Å². The second-order valence-electron chi connectivity index (χ2n) is 7.41. The summed E-state index contributed by atoms with van der Waals surface area (Å²) in [6.07, 6.45) is 9.73. The van der Waals surface area contributed by atoms with Crippen LogP contribution in [-0.2, 0) is 4.79 Å². The molecule has 3 N–H and O–H groups in total. The fraction of sp³-hybridized carbons (Fsp3) is 0.941. The Hall–Kier alpha value is -0.570. The van der Waals surface area contributed by atoms with E-state index in [1.54, 1.807) is 0 Å². The maximum Gasteiger partial charge on any atom is 0.224 e. The van der Waals surface area contributed by atoms with Crippen LogP contribution in [0.5, 0.6) is 0 Å². The van der Waals surface area contributed by atoms with Gasteiger partial charge in [0.2, 0.25) is 5.91 Å². The van der Waals surface area contributed by atoms with Crippen molar-refractivity contribution in [1.82, 2.24) is 5.32 Å². The molecule has 2 rings (SSSR count). The van der Waals surface area contributed by atoms with Gasteiger partial charge < -0.3 is 11.1 Å². The van der Waals surface area contributed by atoms with E-state index in [0.29, 0.717) is 5.92 Å². The van der Waals surface area contributed by atoms with Crippen LogP contribution in [0.15, 0.2) is 0 Å². The van der Waals surface area contributed by atoms with Gasteiger partial charge >= 0.3 is 0 Å². The highest BCUT2D eigenvalue weighted by molar-refractivity contribution is 5.79. The lowest BCUT2D eigenvalue weighted by atomic mass is 9.78. The van der Waals surface area contributed by atoms with Crippen molar-refractivity contribution in [2.24, 2.45) is 29.4 Å². The van der Waals surface area contributed by atoms with Crippen LogP contribution in [0.2, 0.25) is 0 Å². The monoisotopic (exact) mass is 280 g/mol. The molecule has 20 heavy (non-hydrogen) atoms. The highest BCUT2D eigenvalue weighted by atomic mass is 16.1. The van der Waals surface area contributed by atoms with Crippen molar-refractivity contribution in [2.75, 3.05) is 6.54 Å². The molecular weight excluding hydrogens is 248 g/mol. The van der Waals surface area contributed by atoms with E-state index in [-0.39, 0.29) is 17.9 Å². The molecule has 0 saturated heterocycles. The minimum atomic E-state index is 0.0454. The van der Waals surface area contributed by atoms with Gasteiger partial charge in [-0.15, -0.1) is 0 Å². The Bertz CT molecular complexity index is 318. The largest absolute Gasteiger partial charge is 0.356 e. The predicted octanol–water partition coefficient (Wildman–Crippen LogP) is 3.08. The molecular formula is C17H32N2O. The standard InChI is InChI=1S/C17H32N2O/c1-12-4-3-5-14(10-12)8-9-19-17(20)15-11-13(2)6-7-16(15)18/h12-16H,3-11,18H2,1-2H3,(H,19,20). The summed E-state index contributed by atoms with van der Waals surface area (Å²) in [6, 6.07) is 0.0703. The summed E-state index contributed by atoms with van der Waals surface area (Å²) in [4.78, 5) is 12.3. The Kier molecular flexibility index (Phi) is 5.88. The van der Waals surface area contributed by atoms with Gasteiger partial charge in [0.1, 0.15) is 0 Å². The van der Waals surface area contributed by atoms with Crippen LogP contribution in [-0.4, -0.2) is 18.5 Å². The maximum absolute atomic E-state index is 12.3. The van der Waals surface area contributed by atoms with Crippen LogP contribution in [0.1, 0.15) is 65.2 Å². The number of nitrogens with one attached hydrogen (secondary N) is 1. The zero-order valence-corrected chi connectivity index (χ0v) is 13.2. The molecule has 1 amide bonds. The summed E-state index contributed by atoms with van der Waals surface area (Å²) in [5.41, 5.74) is 6.11. The zero-order valence-electron chi connectivity index (χ0n) is 13.2. The van der Waals surface area contributed by atoms with Crippen LogP contribution in [0, 0.1) is 23.7 Å². The van der Waals surface area contributed by atoms with Gasteiger partial charge in [-0.1, -0.05) is 33.1 Å². The van der Waals surface area contributed by atoms with Gasteiger partial charge in [-0.2, -0.15) is 0 Å². The lowest BCUT2D eigenvalue weighted by Crippen LogP contribution is -2.45. The number of hydrogen-bond donors (Lipinski definition) is 2. The molecule has 3 nitrogen and oxygen atoms in total. The van der Waals surface area contributed by atoms with Crippen LogP contribution in [0.4, 0.5) is 0 Å². The second-order valence-corrected chi connectivity index (χ2v) is 7.41. The average Bonchev–Trinajstić information content (AvgIpc) is 2.41. The molecule has 0 spiro atoms. The molecule has 0 heterocycles. The van der Waals surface area contributed by atoms with Crippen LogP contribution in [0.3, 0.4) is 0 Å². The third-order valence-electron chi connectivity index (χ3n) is 5.40. The third-order valence-corrected chi connectivity index (χ3v) is 5.40. The summed E-state index contributed by atoms with van der Waals surface area (Å²) < 4.78 is 0. The van der Waals surface area contributed by atoms with E-state index < -0.39 is 0 Å². The minimum absolute atomic E-state index is 0.0454. The SMILES string of the molecule is CC1CCCC(CCNC(=O)C2CC(C)CCC2N)C1. The Balaban J connectivity index is 1.69. The minimum Gasteiger partial charge on any atom is -0.356 e. The molecule has 2 saturated carbocycles. The highest BCUT2D eigenvalue weighted by Gasteiger charge is 2.31. The van der Waals surface area contributed by atoms with Gasteiger partial charge in [0.25, 0.3) is 0 Å². The first-order chi connectivity index (χ1) is 9.56. The molecule has 5 unspecified atom stereocenters. The van der Waals surface area contributed by atoms with Crippen molar-refractivity contribution in [1.29, 1.82) is 0 Å². The lowest BCUT2D eigenvalue weighted by Gasteiger charge is -2.32. The van der Waals surface area contributed by atoms with E-state index >= 15 is 0 Å². The highest BCUT2D eigenvalue weighted by Crippen LogP contribution is 2.31. The van der Waals surface area contributed by atoms with Gasteiger partial charge in [0.15, 0.2) is 0 Å². The molecule has 116 valence electrons. The van der Waals surface area contributed by atoms with Gasteiger partial charge in [0, 0.05) is 12.6 Å². The average molecular weight is 280 g/mol. The Labute approximate surface area is 124 Å². The summed E-state index contributed by atoms with van der Waals surface area (Å²) in [6.45, 7) is 5.43. The summed E-state index contributed by atoms with van der Waals surface area (Å²) in [5, 5.41) is 3.15. The molecule has 2 aliphatic carbocycles. The molecule has 0 aromatic carbocycles. The first-order valence-corrected chi connectivity index (χ1v) is 8.59. The Morgan fingerprint density at radius 1 is 1.10 bits per heavy atom. The van der Waals surface area contributed by atoms with E-state index in [2.05, 4.69) is 19.2 Å². The molecule has 0 aliphatic heterocycles. The molecule has 0 bridgehead atoms. The topological polar surface area (TPSA) is 55.1 Å². The summed E-state index contributed by atoms with van der Waals surface area (Å²) in [5.74, 6) is 2.58. The third kappa shape index (κ3) is 4.47. The Morgan fingerprint density at radius 2 is 1.85 bits per heavy atom. The van der Waals surface area contributed by atoms with Crippen LogP contribution >= 0.6 is 0 Å². The van der Waals surface area contributed by atoms with E-state index in [0.717, 1.165) is 37.6 Å². The molecule has 2 fully saturated rings. The second kappa shape index (κ2) is 7.44. The van der Waals surface area contributed by atoms with Crippen molar-refractivity contribution in [3.8, 4) is 0 Å². The number of rotatable bonds is 4.